The molecule has 0 bridgehead atoms. The van der Waals surface area contributed by atoms with E-state index in [9.17, 15) is 0 Å². The van der Waals surface area contributed by atoms with Crippen molar-refractivity contribution in [1.82, 2.24) is 34.4 Å². The molecule has 0 N–H and O–H groups in total. The highest BCUT2D eigenvalue weighted by Crippen LogP contribution is 2.18. The number of rotatable bonds is 5. The largest absolute Gasteiger partial charge is 0.484 e. The van der Waals surface area contributed by atoms with Crippen molar-refractivity contribution in [1.29, 1.82) is 0 Å². The second-order valence-corrected chi connectivity index (χ2v) is 6.71. The molecule has 0 fully saturated rings. The summed E-state index contributed by atoms with van der Waals surface area (Å²) in [6.45, 7) is 5.34. The summed E-state index contributed by atoms with van der Waals surface area (Å²) in [5.74, 6) is 2.63. The first-order valence-corrected chi connectivity index (χ1v) is 8.84. The Kier molecular flexibility index (Phi) is 4.66. The van der Waals surface area contributed by atoms with Gasteiger partial charge in [0.2, 0.25) is 0 Å². The summed E-state index contributed by atoms with van der Waals surface area (Å²) in [6, 6.07) is 4.15. The van der Waals surface area contributed by atoms with Crippen LogP contribution in [-0.4, -0.2) is 47.0 Å². The van der Waals surface area contributed by atoms with E-state index in [-0.39, 0.29) is 0 Å². The molecule has 0 aliphatic carbocycles. The summed E-state index contributed by atoms with van der Waals surface area (Å²) >= 11 is 0. The lowest BCUT2D eigenvalue weighted by Crippen LogP contribution is -2.34. The normalized spacial score (nSPS) is 17.7. The Morgan fingerprint density at radius 2 is 2.15 bits per heavy atom. The van der Waals surface area contributed by atoms with E-state index in [1.54, 1.807) is 12.4 Å². The topological polar surface area (TPSA) is 73.9 Å². The van der Waals surface area contributed by atoms with Gasteiger partial charge in [0.1, 0.15) is 18.2 Å². The average Bonchev–Trinajstić information content (AvgIpc) is 3.19. The number of hydrogen-bond acceptors (Lipinski definition) is 6. The van der Waals surface area contributed by atoms with Crippen LogP contribution in [0.15, 0.2) is 36.9 Å². The van der Waals surface area contributed by atoms with Crippen LogP contribution >= 0.6 is 0 Å². The number of ether oxygens (including phenoxy) is 1. The smallest absolute Gasteiger partial charge is 0.171 e. The molecule has 4 rings (SSSR count). The fourth-order valence-corrected chi connectivity index (χ4v) is 3.33. The van der Waals surface area contributed by atoms with Gasteiger partial charge >= 0.3 is 0 Å². The Hall–Kier alpha value is -2.74. The van der Waals surface area contributed by atoms with E-state index in [1.807, 2.05) is 30.1 Å². The highest BCUT2D eigenvalue weighted by molar-refractivity contribution is 5.15. The van der Waals surface area contributed by atoms with Gasteiger partial charge in [0.05, 0.1) is 12.4 Å². The Bertz CT molecular complexity index is 858. The Balaban J connectivity index is 1.44. The Labute approximate surface area is 152 Å². The zero-order chi connectivity index (χ0) is 17.9. The third-order valence-corrected chi connectivity index (χ3v) is 4.76. The van der Waals surface area contributed by atoms with Crippen molar-refractivity contribution in [3.05, 3.63) is 54.1 Å². The maximum atomic E-state index is 5.80. The summed E-state index contributed by atoms with van der Waals surface area (Å²) in [6.07, 6.45) is 8.32. The molecule has 1 aliphatic rings. The number of aryl methyl sites for hydroxylation is 1. The van der Waals surface area contributed by atoms with E-state index in [2.05, 4.69) is 42.9 Å². The molecule has 26 heavy (non-hydrogen) atoms. The molecular weight excluding hydrogens is 330 g/mol. The van der Waals surface area contributed by atoms with Crippen molar-refractivity contribution in [3.63, 3.8) is 0 Å². The molecule has 0 saturated heterocycles. The second kappa shape index (κ2) is 7.25. The van der Waals surface area contributed by atoms with Crippen LogP contribution in [0.25, 0.3) is 0 Å². The predicted molar refractivity (Wildman–Crippen MR) is 95.4 cm³/mol. The van der Waals surface area contributed by atoms with Crippen LogP contribution in [0.4, 0.5) is 0 Å². The third kappa shape index (κ3) is 3.60. The minimum atomic E-state index is 0.396. The molecule has 0 amide bonds. The molecule has 0 saturated carbocycles. The van der Waals surface area contributed by atoms with Crippen molar-refractivity contribution >= 4 is 0 Å². The maximum absolute atomic E-state index is 5.80. The van der Waals surface area contributed by atoms with Gasteiger partial charge in [-0.25, -0.2) is 0 Å². The predicted octanol–water partition coefficient (Wildman–Crippen LogP) is 1.43. The Morgan fingerprint density at radius 1 is 1.23 bits per heavy atom. The standard InChI is InChI=1S/C18H23N7O/c1-14-8-17-21-22-18(13-26-16-4-3-5-19-10-16)25(17)7-6-24(14)12-15-9-20-23(2)11-15/h3-5,9-11,14H,6-8,12-13H2,1-2H3. The van der Waals surface area contributed by atoms with Gasteiger partial charge in [0, 0.05) is 57.1 Å². The fraction of sp³-hybridized carbons (Fsp3) is 0.444. The van der Waals surface area contributed by atoms with E-state index in [4.69, 9.17) is 4.74 Å². The molecule has 1 aliphatic heterocycles. The highest BCUT2D eigenvalue weighted by atomic mass is 16.5. The van der Waals surface area contributed by atoms with Gasteiger partial charge in [-0.3, -0.25) is 14.6 Å². The molecule has 136 valence electrons. The van der Waals surface area contributed by atoms with Gasteiger partial charge in [-0.05, 0) is 19.1 Å². The molecule has 4 heterocycles. The summed E-state index contributed by atoms with van der Waals surface area (Å²) in [4.78, 5) is 6.54. The minimum absolute atomic E-state index is 0.396. The number of pyridine rings is 1. The van der Waals surface area contributed by atoms with Gasteiger partial charge in [-0.15, -0.1) is 10.2 Å². The first-order chi connectivity index (χ1) is 12.7. The summed E-state index contributed by atoms with van der Waals surface area (Å²) in [7, 11) is 1.95. The number of fused-ring (bicyclic) bond motifs is 1. The first kappa shape index (κ1) is 16.7. The van der Waals surface area contributed by atoms with Crippen molar-refractivity contribution in [2.75, 3.05) is 6.54 Å². The van der Waals surface area contributed by atoms with Crippen molar-refractivity contribution < 1.29 is 4.74 Å². The molecule has 0 radical (unpaired) electrons. The number of nitrogens with zero attached hydrogens (tertiary/aromatic N) is 7. The molecule has 0 aromatic carbocycles. The quantitative estimate of drug-likeness (QED) is 0.691. The van der Waals surface area contributed by atoms with Crippen LogP contribution in [0.1, 0.15) is 24.1 Å². The lowest BCUT2D eigenvalue weighted by molar-refractivity contribution is 0.201. The number of aromatic nitrogens is 6. The second-order valence-electron chi connectivity index (χ2n) is 6.71. The van der Waals surface area contributed by atoms with E-state index in [1.165, 1.54) is 5.56 Å². The Morgan fingerprint density at radius 3 is 2.92 bits per heavy atom. The average molecular weight is 353 g/mol. The molecule has 0 spiro atoms. The monoisotopic (exact) mass is 353 g/mol. The van der Waals surface area contributed by atoms with Crippen molar-refractivity contribution in [2.45, 2.75) is 39.1 Å². The lowest BCUT2D eigenvalue weighted by atomic mass is 10.2. The molecule has 8 nitrogen and oxygen atoms in total. The zero-order valence-corrected chi connectivity index (χ0v) is 15.1. The SMILES string of the molecule is CC1Cc2nnc(COc3cccnc3)n2CCN1Cc1cnn(C)c1. The van der Waals surface area contributed by atoms with Crippen molar-refractivity contribution in [3.8, 4) is 5.75 Å². The highest BCUT2D eigenvalue weighted by Gasteiger charge is 2.24. The van der Waals surface area contributed by atoms with Gasteiger partial charge in [0.25, 0.3) is 0 Å². The van der Waals surface area contributed by atoms with E-state index in [0.717, 1.165) is 43.5 Å². The van der Waals surface area contributed by atoms with E-state index < -0.39 is 0 Å². The van der Waals surface area contributed by atoms with Crippen LogP contribution in [0.2, 0.25) is 0 Å². The molecule has 1 atom stereocenters. The minimum Gasteiger partial charge on any atom is -0.484 e. The number of hydrogen-bond donors (Lipinski definition) is 0. The van der Waals surface area contributed by atoms with Crippen molar-refractivity contribution in [2.24, 2.45) is 7.05 Å². The van der Waals surface area contributed by atoms with Gasteiger partial charge in [-0.1, -0.05) is 0 Å². The fourth-order valence-electron chi connectivity index (χ4n) is 3.33. The van der Waals surface area contributed by atoms with Crippen LogP contribution < -0.4 is 4.74 Å². The van der Waals surface area contributed by atoms with Gasteiger partial charge in [0.15, 0.2) is 5.82 Å². The van der Waals surface area contributed by atoms with Gasteiger partial charge in [-0.2, -0.15) is 5.10 Å². The summed E-state index contributed by atoms with van der Waals surface area (Å²) in [5.41, 5.74) is 1.23. The molecule has 1 unspecified atom stereocenters. The maximum Gasteiger partial charge on any atom is 0.171 e. The zero-order valence-electron chi connectivity index (χ0n) is 15.1. The summed E-state index contributed by atoms with van der Waals surface area (Å²) in [5, 5.41) is 13.0. The molecule has 3 aromatic rings. The van der Waals surface area contributed by atoms with Crippen LogP contribution in [0, 0.1) is 0 Å². The first-order valence-electron chi connectivity index (χ1n) is 8.84. The lowest BCUT2D eigenvalue weighted by Gasteiger charge is -2.25. The summed E-state index contributed by atoms with van der Waals surface area (Å²) < 4.78 is 9.84. The molecule has 8 heteroatoms. The van der Waals surface area contributed by atoms with Crippen LogP contribution in [0.3, 0.4) is 0 Å². The van der Waals surface area contributed by atoms with Crippen LogP contribution in [0.5, 0.6) is 5.75 Å². The molecular formula is C18H23N7O. The molecule has 3 aromatic heterocycles. The van der Waals surface area contributed by atoms with E-state index >= 15 is 0 Å². The van der Waals surface area contributed by atoms with E-state index in [0.29, 0.717) is 12.6 Å². The van der Waals surface area contributed by atoms with Gasteiger partial charge < -0.3 is 9.30 Å². The third-order valence-electron chi connectivity index (χ3n) is 4.76. The van der Waals surface area contributed by atoms with Crippen LogP contribution in [-0.2, 0) is 33.2 Å².